The number of aromatic nitrogens is 3. The van der Waals surface area contributed by atoms with Crippen LogP contribution in [0.3, 0.4) is 0 Å². The van der Waals surface area contributed by atoms with E-state index < -0.39 is 6.10 Å². The fourth-order valence-electron chi connectivity index (χ4n) is 5.54. The van der Waals surface area contributed by atoms with E-state index in [9.17, 15) is 14.0 Å². The molecule has 1 saturated heterocycles. The highest BCUT2D eigenvalue weighted by atomic mass is 19.1. The van der Waals surface area contributed by atoms with E-state index in [1.807, 2.05) is 6.92 Å². The van der Waals surface area contributed by atoms with Crippen LogP contribution in [0.15, 0.2) is 27.5 Å². The maximum Gasteiger partial charge on any atom is 0.306 e. The Morgan fingerprint density at radius 3 is 2.84 bits per heavy atom. The number of ether oxygens (including phenoxy) is 1. The summed E-state index contributed by atoms with van der Waals surface area (Å²) in [6, 6.07) is 4.57. The number of halogens is 1. The van der Waals surface area contributed by atoms with Gasteiger partial charge in [0.2, 0.25) is 0 Å². The number of carbonyl (C=O) groups excluding carboxylic acids is 1. The first-order chi connectivity index (χ1) is 17.9. The first-order valence-corrected chi connectivity index (χ1v) is 13.2. The van der Waals surface area contributed by atoms with E-state index in [1.54, 1.807) is 10.6 Å². The minimum Gasteiger partial charge on any atom is -0.454 e. The summed E-state index contributed by atoms with van der Waals surface area (Å²) in [5, 5.41) is 5.11. The molecule has 1 aromatic carbocycles. The van der Waals surface area contributed by atoms with Crippen LogP contribution in [0.1, 0.15) is 73.3 Å². The van der Waals surface area contributed by atoms with E-state index in [0.717, 1.165) is 55.5 Å². The maximum absolute atomic E-state index is 13.5. The molecule has 2 N–H and O–H groups in total. The maximum atomic E-state index is 13.5. The van der Waals surface area contributed by atoms with Gasteiger partial charge in [-0.3, -0.25) is 14.2 Å². The molecule has 37 heavy (non-hydrogen) atoms. The number of nitrogens with zero attached hydrogens (tertiary/aromatic N) is 4. The fraction of sp³-hybridized carbons (Fsp3) is 0.556. The van der Waals surface area contributed by atoms with Gasteiger partial charge in [0.25, 0.3) is 5.56 Å². The Kier molecular flexibility index (Phi) is 7.66. The van der Waals surface area contributed by atoms with Gasteiger partial charge in [0.05, 0.1) is 5.69 Å². The molecule has 0 aliphatic carbocycles. The Bertz CT molecular complexity index is 1330. The van der Waals surface area contributed by atoms with Crippen molar-refractivity contribution in [3.8, 4) is 0 Å². The van der Waals surface area contributed by atoms with Crippen LogP contribution >= 0.6 is 0 Å². The van der Waals surface area contributed by atoms with Crippen molar-refractivity contribution < 1.29 is 18.4 Å². The largest absolute Gasteiger partial charge is 0.454 e. The monoisotopic (exact) mass is 511 g/mol. The van der Waals surface area contributed by atoms with Crippen LogP contribution in [0.25, 0.3) is 11.0 Å². The number of carbonyl (C=O) groups is 1. The van der Waals surface area contributed by atoms with Crippen molar-refractivity contribution >= 4 is 16.9 Å². The summed E-state index contributed by atoms with van der Waals surface area (Å²) >= 11 is 0. The number of hydrogen-bond donors (Lipinski definition) is 1. The molecule has 198 valence electrons. The molecule has 2 aromatic heterocycles. The van der Waals surface area contributed by atoms with Crippen LogP contribution in [0, 0.1) is 12.7 Å². The van der Waals surface area contributed by atoms with E-state index in [4.69, 9.17) is 20.0 Å². The number of hydrogen-bond acceptors (Lipinski definition) is 8. The predicted molar refractivity (Wildman–Crippen MR) is 136 cm³/mol. The van der Waals surface area contributed by atoms with Gasteiger partial charge in [-0.15, -0.1) is 0 Å². The highest BCUT2D eigenvalue weighted by molar-refractivity contribution is 5.79. The van der Waals surface area contributed by atoms with Crippen molar-refractivity contribution in [1.82, 2.24) is 19.6 Å². The normalized spacial score (nSPS) is 18.7. The lowest BCUT2D eigenvalue weighted by Gasteiger charge is -2.31. The van der Waals surface area contributed by atoms with Crippen LogP contribution in [0.4, 0.5) is 4.39 Å². The molecule has 5 rings (SSSR count). The summed E-state index contributed by atoms with van der Waals surface area (Å²) in [4.78, 5) is 32.6. The van der Waals surface area contributed by atoms with Gasteiger partial charge >= 0.3 is 5.97 Å². The second-order valence-electron chi connectivity index (χ2n) is 10.1. The summed E-state index contributed by atoms with van der Waals surface area (Å²) in [5.41, 5.74) is 8.29. The summed E-state index contributed by atoms with van der Waals surface area (Å²) < 4.78 is 26.2. The quantitative estimate of drug-likeness (QED) is 0.458. The molecule has 3 aromatic rings. The molecule has 1 atom stereocenters. The van der Waals surface area contributed by atoms with Gasteiger partial charge in [0, 0.05) is 48.1 Å². The first-order valence-electron chi connectivity index (χ1n) is 13.2. The van der Waals surface area contributed by atoms with Gasteiger partial charge in [-0.05, 0) is 77.2 Å². The Labute approximate surface area is 214 Å². The number of nitrogens with two attached hydrogens (primary N) is 1. The molecule has 2 aliphatic rings. The van der Waals surface area contributed by atoms with Crippen LogP contribution in [0.5, 0.6) is 0 Å². The Balaban J connectivity index is 1.21. The molecule has 10 heteroatoms. The summed E-state index contributed by atoms with van der Waals surface area (Å²) in [6.45, 7) is 5.44. The van der Waals surface area contributed by atoms with E-state index in [0.29, 0.717) is 49.5 Å². The van der Waals surface area contributed by atoms with Crippen molar-refractivity contribution in [2.24, 2.45) is 5.73 Å². The standard InChI is InChI=1S/C27H34FN5O4/c1-17-20(27(35)33-12-3-4-22(26(33)30-17)36-24(34)5-2-11-29)10-15-32-13-8-18(9-14-32)25-21-7-6-19(28)16-23(21)37-31-25/h6-7,16,18,22H,2-5,8-15,29H2,1H3. The second-order valence-corrected chi connectivity index (χ2v) is 10.1. The zero-order valence-corrected chi connectivity index (χ0v) is 21.2. The second kappa shape index (κ2) is 11.1. The fourth-order valence-corrected chi connectivity index (χ4v) is 5.54. The first kappa shape index (κ1) is 25.5. The van der Waals surface area contributed by atoms with E-state index in [1.165, 1.54) is 12.1 Å². The summed E-state index contributed by atoms with van der Waals surface area (Å²) in [7, 11) is 0. The molecular weight excluding hydrogens is 477 g/mol. The zero-order chi connectivity index (χ0) is 25.9. The van der Waals surface area contributed by atoms with E-state index in [2.05, 4.69) is 10.1 Å². The van der Waals surface area contributed by atoms with E-state index >= 15 is 0 Å². The zero-order valence-electron chi connectivity index (χ0n) is 21.2. The average Bonchev–Trinajstić information content (AvgIpc) is 3.31. The van der Waals surface area contributed by atoms with Gasteiger partial charge in [0.1, 0.15) is 5.82 Å². The van der Waals surface area contributed by atoms with E-state index in [-0.39, 0.29) is 29.7 Å². The topological polar surface area (TPSA) is 116 Å². The van der Waals surface area contributed by atoms with Crippen LogP contribution in [-0.4, -0.2) is 51.8 Å². The number of likely N-dealkylation sites (tertiary alicyclic amines) is 1. The summed E-state index contributed by atoms with van der Waals surface area (Å²) in [6.07, 6.45) is 4.28. The lowest BCUT2D eigenvalue weighted by Crippen LogP contribution is -2.38. The number of fused-ring (bicyclic) bond motifs is 2. The Morgan fingerprint density at radius 1 is 1.24 bits per heavy atom. The average molecular weight is 512 g/mol. The molecule has 9 nitrogen and oxygen atoms in total. The van der Waals surface area contributed by atoms with Gasteiger partial charge in [-0.25, -0.2) is 9.37 Å². The molecular formula is C27H34FN5O4. The smallest absolute Gasteiger partial charge is 0.306 e. The van der Waals surface area contributed by atoms with Crippen molar-refractivity contribution in [1.29, 1.82) is 0 Å². The highest BCUT2D eigenvalue weighted by Crippen LogP contribution is 2.33. The van der Waals surface area contributed by atoms with Crippen molar-refractivity contribution in [3.05, 3.63) is 57.1 Å². The molecule has 1 fully saturated rings. The molecule has 0 saturated carbocycles. The third-order valence-electron chi connectivity index (χ3n) is 7.61. The number of esters is 1. The molecule has 0 radical (unpaired) electrons. The van der Waals surface area contributed by atoms with Crippen molar-refractivity contribution in [3.63, 3.8) is 0 Å². The van der Waals surface area contributed by atoms with Gasteiger partial charge in [-0.1, -0.05) is 5.16 Å². The predicted octanol–water partition coefficient (Wildman–Crippen LogP) is 3.37. The van der Waals surface area contributed by atoms with Crippen molar-refractivity contribution in [2.45, 2.75) is 70.4 Å². The molecule has 4 heterocycles. The Morgan fingerprint density at radius 2 is 2.05 bits per heavy atom. The molecule has 2 aliphatic heterocycles. The van der Waals surface area contributed by atoms with Crippen molar-refractivity contribution in [2.75, 3.05) is 26.2 Å². The summed E-state index contributed by atoms with van der Waals surface area (Å²) in [5.74, 6) is 0.199. The lowest BCUT2D eigenvalue weighted by atomic mass is 9.91. The van der Waals surface area contributed by atoms with Crippen LogP contribution in [-0.2, 0) is 22.5 Å². The minimum absolute atomic E-state index is 0.0265. The van der Waals surface area contributed by atoms with Crippen LogP contribution in [0.2, 0.25) is 0 Å². The van der Waals surface area contributed by atoms with Crippen LogP contribution < -0.4 is 11.3 Å². The number of benzene rings is 1. The Hall–Kier alpha value is -3.11. The van der Waals surface area contributed by atoms with Gasteiger partial charge < -0.3 is 19.9 Å². The molecule has 1 unspecified atom stereocenters. The molecule has 0 bridgehead atoms. The molecule has 0 spiro atoms. The molecule has 0 amide bonds. The minimum atomic E-state index is -0.484. The lowest BCUT2D eigenvalue weighted by molar-refractivity contribution is -0.151. The van der Waals surface area contributed by atoms with Gasteiger partial charge in [-0.2, -0.15) is 0 Å². The van der Waals surface area contributed by atoms with Gasteiger partial charge in [0.15, 0.2) is 17.5 Å². The highest BCUT2D eigenvalue weighted by Gasteiger charge is 2.29. The number of aryl methyl sites for hydroxylation is 1. The SMILES string of the molecule is Cc1nc2n(c(=O)c1CCN1CCC(c3noc4cc(F)ccc34)CC1)CCCC2OC(=O)CCCN. The third-order valence-corrected chi connectivity index (χ3v) is 7.61. The third kappa shape index (κ3) is 5.45. The number of rotatable bonds is 8. The number of piperidine rings is 1.